The zero-order valence-electron chi connectivity index (χ0n) is 17.3. The number of sulfone groups is 1. The van der Waals surface area contributed by atoms with Crippen LogP contribution in [0, 0.1) is 6.92 Å². The van der Waals surface area contributed by atoms with Crippen LogP contribution in [-0.4, -0.2) is 41.6 Å². The van der Waals surface area contributed by atoms with Gasteiger partial charge in [0.1, 0.15) is 18.5 Å². The van der Waals surface area contributed by atoms with Gasteiger partial charge in [-0.25, -0.2) is 21.6 Å². The fraction of sp³-hybridized carbons (Fsp3) is 0.227. The normalized spacial score (nSPS) is 14.7. The number of sulfonamides is 1. The van der Waals surface area contributed by atoms with Crippen molar-refractivity contribution in [3.63, 3.8) is 0 Å². The molecule has 32 heavy (non-hydrogen) atoms. The molecule has 10 heteroatoms. The molecule has 1 aromatic heterocycles. The van der Waals surface area contributed by atoms with Gasteiger partial charge in [0.2, 0.25) is 10.0 Å². The van der Waals surface area contributed by atoms with Crippen molar-refractivity contribution in [1.29, 1.82) is 0 Å². The summed E-state index contributed by atoms with van der Waals surface area (Å²) in [5.74, 6) is 0.792. The highest BCUT2D eigenvalue weighted by Crippen LogP contribution is 2.33. The Morgan fingerprint density at radius 1 is 0.938 bits per heavy atom. The third kappa shape index (κ3) is 4.62. The lowest BCUT2D eigenvalue weighted by atomic mass is 10.2. The number of ether oxygens (including phenoxy) is 2. The lowest BCUT2D eigenvalue weighted by Crippen LogP contribution is -2.32. The largest absolute Gasteiger partial charge is 0.486 e. The Morgan fingerprint density at radius 3 is 2.31 bits per heavy atom. The number of pyridine rings is 1. The molecule has 1 N–H and O–H groups in total. The van der Waals surface area contributed by atoms with Gasteiger partial charge in [0.15, 0.2) is 21.3 Å². The third-order valence-corrected chi connectivity index (χ3v) is 8.60. The number of aromatic nitrogens is 1. The molecule has 0 fully saturated rings. The number of rotatable bonds is 7. The number of hydrogen-bond acceptors (Lipinski definition) is 7. The van der Waals surface area contributed by atoms with Crippen LogP contribution in [0.15, 0.2) is 76.8 Å². The quantitative estimate of drug-likeness (QED) is 0.560. The van der Waals surface area contributed by atoms with Gasteiger partial charge in [-0.15, -0.1) is 0 Å². The molecular weight excluding hydrogens is 452 g/mol. The van der Waals surface area contributed by atoms with E-state index in [4.69, 9.17) is 9.47 Å². The summed E-state index contributed by atoms with van der Waals surface area (Å²) in [5, 5.41) is -1.16. The van der Waals surface area contributed by atoms with Gasteiger partial charge >= 0.3 is 0 Å². The summed E-state index contributed by atoms with van der Waals surface area (Å²) < 4.78 is 66.0. The molecule has 0 spiro atoms. The minimum Gasteiger partial charge on any atom is -0.486 e. The van der Waals surface area contributed by atoms with Gasteiger partial charge in [-0.1, -0.05) is 23.8 Å². The van der Waals surface area contributed by atoms with Crippen molar-refractivity contribution in [3.05, 3.63) is 78.1 Å². The highest BCUT2D eigenvalue weighted by atomic mass is 32.2. The van der Waals surface area contributed by atoms with Gasteiger partial charge in [-0.2, -0.15) is 0 Å². The van der Waals surface area contributed by atoms with E-state index in [2.05, 4.69) is 9.71 Å². The molecule has 1 aliphatic rings. The third-order valence-electron chi connectivity index (χ3n) is 5.06. The van der Waals surface area contributed by atoms with E-state index in [9.17, 15) is 16.8 Å². The topological polar surface area (TPSA) is 112 Å². The van der Waals surface area contributed by atoms with Gasteiger partial charge in [-0.05, 0) is 42.8 Å². The standard InChI is InChI=1S/C22H22N2O6S2/c1-16-4-6-18(7-5-16)31(25,26)22(17-3-2-10-23-14-17)15-24-32(27,28)19-8-9-20-21(13-19)30-12-11-29-20/h2-10,13-14,22,24H,11-12,15H2,1H3/t22-/m1/s1. The number of nitrogens with one attached hydrogen (secondary N) is 1. The highest BCUT2D eigenvalue weighted by molar-refractivity contribution is 7.92. The van der Waals surface area contributed by atoms with Crippen LogP contribution in [0.5, 0.6) is 11.5 Å². The number of nitrogens with zero attached hydrogens (tertiary/aromatic N) is 1. The molecule has 1 aliphatic heterocycles. The minimum atomic E-state index is -4.02. The molecule has 0 saturated carbocycles. The van der Waals surface area contributed by atoms with E-state index in [1.165, 1.54) is 42.7 Å². The minimum absolute atomic E-state index is 0.0422. The van der Waals surface area contributed by atoms with Crippen molar-refractivity contribution in [1.82, 2.24) is 9.71 Å². The Labute approximate surface area is 187 Å². The van der Waals surface area contributed by atoms with Crippen LogP contribution in [0.25, 0.3) is 0 Å². The molecule has 0 aliphatic carbocycles. The Balaban J connectivity index is 1.64. The van der Waals surface area contributed by atoms with Crippen LogP contribution in [0.1, 0.15) is 16.4 Å². The molecule has 0 radical (unpaired) electrons. The predicted octanol–water partition coefficient (Wildman–Crippen LogP) is 2.65. The Morgan fingerprint density at radius 2 is 1.62 bits per heavy atom. The van der Waals surface area contributed by atoms with Crippen LogP contribution in [0.3, 0.4) is 0 Å². The van der Waals surface area contributed by atoms with Crippen molar-refractivity contribution in [2.24, 2.45) is 0 Å². The molecule has 0 unspecified atom stereocenters. The first-order chi connectivity index (χ1) is 15.3. The van der Waals surface area contributed by atoms with Crippen LogP contribution < -0.4 is 14.2 Å². The first-order valence-electron chi connectivity index (χ1n) is 9.87. The van der Waals surface area contributed by atoms with Crippen molar-refractivity contribution in [2.45, 2.75) is 22.0 Å². The molecule has 3 aromatic rings. The van der Waals surface area contributed by atoms with Crippen molar-refractivity contribution >= 4 is 19.9 Å². The molecule has 8 nitrogen and oxygen atoms in total. The van der Waals surface area contributed by atoms with Gasteiger partial charge < -0.3 is 9.47 Å². The number of benzene rings is 2. The number of hydrogen-bond donors (Lipinski definition) is 1. The number of aryl methyl sites for hydroxylation is 1. The summed E-state index contributed by atoms with van der Waals surface area (Å²) in [6.45, 7) is 2.21. The second-order valence-electron chi connectivity index (χ2n) is 7.29. The summed E-state index contributed by atoms with van der Waals surface area (Å²) in [6, 6.07) is 13.9. The molecule has 0 saturated heterocycles. The Hall–Kier alpha value is -2.95. The van der Waals surface area contributed by atoms with E-state index in [0.717, 1.165) is 5.56 Å². The SMILES string of the molecule is Cc1ccc(S(=O)(=O)[C@H](CNS(=O)(=O)c2ccc3c(c2)OCCO3)c2cccnc2)cc1. The summed E-state index contributed by atoms with van der Waals surface area (Å²) >= 11 is 0. The van der Waals surface area contributed by atoms with E-state index in [0.29, 0.717) is 30.3 Å². The summed E-state index contributed by atoms with van der Waals surface area (Å²) in [5.41, 5.74) is 1.30. The molecule has 0 amide bonds. The number of fused-ring (bicyclic) bond motifs is 1. The average Bonchev–Trinajstić information content (AvgIpc) is 2.79. The molecule has 2 aromatic carbocycles. The summed E-state index contributed by atoms with van der Waals surface area (Å²) in [4.78, 5) is 4.07. The van der Waals surface area contributed by atoms with Crippen molar-refractivity contribution in [3.8, 4) is 11.5 Å². The maximum atomic E-state index is 13.4. The Bertz CT molecular complexity index is 1310. The highest BCUT2D eigenvalue weighted by Gasteiger charge is 2.31. The second-order valence-corrected chi connectivity index (χ2v) is 11.2. The monoisotopic (exact) mass is 474 g/mol. The molecule has 168 valence electrons. The summed E-state index contributed by atoms with van der Waals surface area (Å²) in [7, 11) is -7.92. The van der Waals surface area contributed by atoms with Crippen molar-refractivity contribution in [2.75, 3.05) is 19.8 Å². The second kappa shape index (κ2) is 8.89. The lowest BCUT2D eigenvalue weighted by Gasteiger charge is -2.20. The van der Waals surface area contributed by atoms with Gasteiger partial charge in [0, 0.05) is 25.0 Å². The zero-order chi connectivity index (χ0) is 22.8. The first kappa shape index (κ1) is 22.3. The van der Waals surface area contributed by atoms with Gasteiger partial charge in [-0.3, -0.25) is 4.98 Å². The zero-order valence-corrected chi connectivity index (χ0v) is 18.9. The van der Waals surface area contributed by atoms with E-state index < -0.39 is 25.1 Å². The van der Waals surface area contributed by atoms with E-state index in [-0.39, 0.29) is 16.3 Å². The fourth-order valence-electron chi connectivity index (χ4n) is 3.32. The van der Waals surface area contributed by atoms with Gasteiger partial charge in [0.05, 0.1) is 9.79 Å². The van der Waals surface area contributed by atoms with Crippen LogP contribution in [0.4, 0.5) is 0 Å². The molecular formula is C22H22N2O6S2. The average molecular weight is 475 g/mol. The molecule has 1 atom stereocenters. The Kier molecular flexibility index (Phi) is 6.18. The first-order valence-corrected chi connectivity index (χ1v) is 12.9. The van der Waals surface area contributed by atoms with Crippen LogP contribution in [0.2, 0.25) is 0 Å². The van der Waals surface area contributed by atoms with Crippen molar-refractivity contribution < 1.29 is 26.3 Å². The summed E-state index contributed by atoms with van der Waals surface area (Å²) in [6.07, 6.45) is 2.95. The van der Waals surface area contributed by atoms with E-state index in [1.54, 1.807) is 24.3 Å². The maximum Gasteiger partial charge on any atom is 0.240 e. The maximum absolute atomic E-state index is 13.4. The van der Waals surface area contributed by atoms with Crippen LogP contribution in [-0.2, 0) is 19.9 Å². The van der Waals surface area contributed by atoms with E-state index in [1.807, 2.05) is 6.92 Å². The predicted molar refractivity (Wildman–Crippen MR) is 118 cm³/mol. The molecule has 0 bridgehead atoms. The molecule has 2 heterocycles. The fourth-order valence-corrected chi connectivity index (χ4v) is 6.14. The molecule has 4 rings (SSSR count). The van der Waals surface area contributed by atoms with E-state index >= 15 is 0 Å². The van der Waals surface area contributed by atoms with Gasteiger partial charge in [0.25, 0.3) is 0 Å². The smallest absolute Gasteiger partial charge is 0.240 e. The lowest BCUT2D eigenvalue weighted by molar-refractivity contribution is 0.171. The van der Waals surface area contributed by atoms with Crippen LogP contribution >= 0.6 is 0 Å².